The number of nitrogens with zero attached hydrogens (tertiary/aromatic N) is 2. The second kappa shape index (κ2) is 8.76. The molecular weight excluding hydrogens is 326 g/mol. The molecule has 1 amide bonds. The monoisotopic (exact) mass is 359 g/mol. The van der Waals surface area contributed by atoms with Crippen LogP contribution in [-0.4, -0.2) is 56.7 Å². The van der Waals surface area contributed by atoms with Gasteiger partial charge in [-0.1, -0.05) is 26.7 Å². The van der Waals surface area contributed by atoms with Crippen molar-refractivity contribution in [3.8, 4) is 5.75 Å². The van der Waals surface area contributed by atoms with Gasteiger partial charge in [-0.15, -0.1) is 0 Å². The molecule has 0 spiro atoms. The van der Waals surface area contributed by atoms with Crippen molar-refractivity contribution >= 4 is 11.6 Å². The van der Waals surface area contributed by atoms with E-state index < -0.39 is 0 Å². The highest BCUT2D eigenvalue weighted by molar-refractivity contribution is 5.78. The second-order valence-electron chi connectivity index (χ2n) is 7.90. The molecule has 0 aromatic heterocycles. The van der Waals surface area contributed by atoms with Crippen LogP contribution in [0.3, 0.4) is 0 Å². The van der Waals surface area contributed by atoms with E-state index in [2.05, 4.69) is 41.1 Å². The van der Waals surface area contributed by atoms with Crippen molar-refractivity contribution in [1.82, 2.24) is 10.2 Å². The topological polar surface area (TPSA) is 44.8 Å². The van der Waals surface area contributed by atoms with Gasteiger partial charge in [0.15, 0.2) is 0 Å². The number of carbonyl (C=O) groups excluding carboxylic acids is 1. The highest BCUT2D eigenvalue weighted by atomic mass is 16.5. The van der Waals surface area contributed by atoms with Gasteiger partial charge in [-0.3, -0.25) is 9.69 Å². The zero-order chi connectivity index (χ0) is 18.5. The van der Waals surface area contributed by atoms with Crippen LogP contribution in [-0.2, 0) is 4.79 Å². The molecular formula is C21H33N3O2. The van der Waals surface area contributed by atoms with E-state index in [-0.39, 0.29) is 5.91 Å². The summed E-state index contributed by atoms with van der Waals surface area (Å²) in [6.07, 6.45) is 3.65. The van der Waals surface area contributed by atoms with Crippen molar-refractivity contribution in [2.45, 2.75) is 39.2 Å². The van der Waals surface area contributed by atoms with Crippen molar-refractivity contribution in [2.24, 2.45) is 11.8 Å². The summed E-state index contributed by atoms with van der Waals surface area (Å²) in [5, 5.41) is 3.29. The first kappa shape index (κ1) is 19.0. The third kappa shape index (κ3) is 4.70. The Morgan fingerprint density at radius 2 is 1.81 bits per heavy atom. The number of hydrogen-bond donors (Lipinski definition) is 1. The number of anilines is 1. The van der Waals surface area contributed by atoms with Gasteiger partial charge in [-0.05, 0) is 42.5 Å². The van der Waals surface area contributed by atoms with Crippen molar-refractivity contribution in [3.05, 3.63) is 24.3 Å². The lowest BCUT2D eigenvalue weighted by Crippen LogP contribution is -2.52. The summed E-state index contributed by atoms with van der Waals surface area (Å²) in [7, 11) is 1.69. The van der Waals surface area contributed by atoms with E-state index in [0.717, 1.165) is 38.3 Å². The van der Waals surface area contributed by atoms with E-state index in [9.17, 15) is 4.79 Å². The molecule has 1 heterocycles. The van der Waals surface area contributed by atoms with E-state index in [1.165, 1.54) is 18.5 Å². The van der Waals surface area contributed by atoms with Gasteiger partial charge < -0.3 is 15.0 Å². The number of amides is 1. The second-order valence-corrected chi connectivity index (χ2v) is 7.90. The summed E-state index contributed by atoms with van der Waals surface area (Å²) < 4.78 is 5.22. The zero-order valence-electron chi connectivity index (χ0n) is 16.4. The maximum absolute atomic E-state index is 12.5. The average molecular weight is 360 g/mol. The van der Waals surface area contributed by atoms with Gasteiger partial charge in [-0.2, -0.15) is 0 Å². The first-order valence-electron chi connectivity index (χ1n) is 9.97. The maximum Gasteiger partial charge on any atom is 0.234 e. The van der Waals surface area contributed by atoms with Gasteiger partial charge in [0.05, 0.1) is 13.7 Å². The van der Waals surface area contributed by atoms with Crippen LogP contribution in [0.4, 0.5) is 5.69 Å². The fourth-order valence-electron chi connectivity index (χ4n) is 4.20. The molecule has 1 saturated carbocycles. The van der Waals surface area contributed by atoms with Crippen LogP contribution >= 0.6 is 0 Å². The largest absolute Gasteiger partial charge is 0.497 e. The molecule has 3 atom stereocenters. The molecule has 1 aliphatic heterocycles. The van der Waals surface area contributed by atoms with Crippen LogP contribution in [0.5, 0.6) is 5.75 Å². The van der Waals surface area contributed by atoms with Gasteiger partial charge in [0.25, 0.3) is 0 Å². The summed E-state index contributed by atoms with van der Waals surface area (Å²) in [6, 6.07) is 8.56. The van der Waals surface area contributed by atoms with E-state index in [1.807, 2.05) is 12.1 Å². The number of rotatable bonds is 5. The Bertz CT molecular complexity index is 581. The number of carbonyl (C=O) groups is 1. The van der Waals surface area contributed by atoms with Gasteiger partial charge in [0.2, 0.25) is 5.91 Å². The summed E-state index contributed by atoms with van der Waals surface area (Å²) in [4.78, 5) is 17.1. The Kier molecular flexibility index (Phi) is 6.41. The van der Waals surface area contributed by atoms with Crippen LogP contribution in [0, 0.1) is 11.8 Å². The summed E-state index contributed by atoms with van der Waals surface area (Å²) in [5.74, 6) is 2.37. The third-order valence-corrected chi connectivity index (χ3v) is 6.23. The summed E-state index contributed by atoms with van der Waals surface area (Å²) >= 11 is 0. The first-order chi connectivity index (χ1) is 12.6. The lowest BCUT2D eigenvalue weighted by atomic mass is 9.78. The number of benzene rings is 1. The molecule has 0 radical (unpaired) electrons. The van der Waals surface area contributed by atoms with Crippen molar-refractivity contribution in [3.63, 3.8) is 0 Å². The van der Waals surface area contributed by atoms with E-state index in [1.54, 1.807) is 7.11 Å². The minimum absolute atomic E-state index is 0.189. The maximum atomic E-state index is 12.5. The minimum Gasteiger partial charge on any atom is -0.497 e. The molecule has 5 nitrogen and oxygen atoms in total. The van der Waals surface area contributed by atoms with E-state index >= 15 is 0 Å². The number of hydrogen-bond acceptors (Lipinski definition) is 4. The molecule has 1 aliphatic carbocycles. The molecule has 1 aromatic rings. The molecule has 2 fully saturated rings. The van der Waals surface area contributed by atoms with Crippen molar-refractivity contribution in [1.29, 1.82) is 0 Å². The lowest BCUT2D eigenvalue weighted by Gasteiger charge is -2.37. The van der Waals surface area contributed by atoms with Crippen LogP contribution in [0.2, 0.25) is 0 Å². The van der Waals surface area contributed by atoms with Gasteiger partial charge in [0.1, 0.15) is 5.75 Å². The normalized spacial score (nSPS) is 27.2. The molecule has 3 rings (SSSR count). The highest BCUT2D eigenvalue weighted by Gasteiger charge is 2.28. The molecule has 144 valence electrons. The fourth-order valence-corrected chi connectivity index (χ4v) is 4.20. The SMILES string of the molecule is COc1ccc(N2CCN(CC(=O)N[C@@H]3CCC[C@@H](C)[C@H]3C)CC2)cc1. The smallest absolute Gasteiger partial charge is 0.234 e. The number of nitrogens with one attached hydrogen (secondary N) is 1. The van der Waals surface area contributed by atoms with Crippen molar-refractivity contribution < 1.29 is 9.53 Å². The van der Waals surface area contributed by atoms with Crippen LogP contribution in [0.25, 0.3) is 0 Å². The predicted octanol–water partition coefficient (Wildman–Crippen LogP) is 2.76. The van der Waals surface area contributed by atoms with Gasteiger partial charge in [0, 0.05) is 37.9 Å². The fraction of sp³-hybridized carbons (Fsp3) is 0.667. The summed E-state index contributed by atoms with van der Waals surface area (Å²) in [6.45, 7) is 8.87. The molecule has 1 N–H and O–H groups in total. The van der Waals surface area contributed by atoms with Crippen LogP contribution in [0.1, 0.15) is 33.1 Å². The van der Waals surface area contributed by atoms with Gasteiger partial charge in [-0.25, -0.2) is 0 Å². The molecule has 26 heavy (non-hydrogen) atoms. The Labute approximate surface area is 157 Å². The first-order valence-corrected chi connectivity index (χ1v) is 9.97. The Balaban J connectivity index is 1.43. The zero-order valence-corrected chi connectivity index (χ0v) is 16.4. The van der Waals surface area contributed by atoms with Crippen molar-refractivity contribution in [2.75, 3.05) is 44.7 Å². The average Bonchev–Trinajstić information content (AvgIpc) is 2.66. The third-order valence-electron chi connectivity index (χ3n) is 6.23. The Morgan fingerprint density at radius 3 is 2.46 bits per heavy atom. The Morgan fingerprint density at radius 1 is 1.12 bits per heavy atom. The molecule has 0 bridgehead atoms. The van der Waals surface area contributed by atoms with Crippen LogP contribution in [0.15, 0.2) is 24.3 Å². The highest BCUT2D eigenvalue weighted by Crippen LogP contribution is 2.29. The predicted molar refractivity (Wildman–Crippen MR) is 106 cm³/mol. The minimum atomic E-state index is 0.189. The molecule has 1 aromatic carbocycles. The standard InChI is InChI=1S/C21H33N3O2/c1-16-5-4-6-20(17(16)2)22-21(25)15-23-11-13-24(14-12-23)18-7-9-19(26-3)10-8-18/h7-10,16-17,20H,4-6,11-15H2,1-3H3,(H,22,25)/t16-,17-,20-/m1/s1. The van der Waals surface area contributed by atoms with E-state index in [4.69, 9.17) is 4.74 Å². The molecule has 0 unspecified atom stereocenters. The number of methoxy groups -OCH3 is 1. The lowest BCUT2D eigenvalue weighted by molar-refractivity contribution is -0.123. The molecule has 2 aliphatic rings. The van der Waals surface area contributed by atoms with Crippen LogP contribution < -0.4 is 15.0 Å². The van der Waals surface area contributed by atoms with Gasteiger partial charge >= 0.3 is 0 Å². The molecule has 1 saturated heterocycles. The van der Waals surface area contributed by atoms with E-state index in [0.29, 0.717) is 24.4 Å². The number of piperazine rings is 1. The quantitative estimate of drug-likeness (QED) is 0.878. The molecule has 5 heteroatoms. The summed E-state index contributed by atoms with van der Waals surface area (Å²) in [5.41, 5.74) is 1.22. The Hall–Kier alpha value is -1.75. The number of ether oxygens (including phenoxy) is 1.